The number of hydrogen-bond acceptors (Lipinski definition) is 3. The lowest BCUT2D eigenvalue weighted by Gasteiger charge is -2.22. The first-order chi connectivity index (χ1) is 11.7. The highest BCUT2D eigenvalue weighted by Gasteiger charge is 2.15. The normalized spacial score (nSPS) is 10.0. The van der Waals surface area contributed by atoms with E-state index in [0.717, 1.165) is 12.2 Å². The van der Waals surface area contributed by atoms with E-state index in [0.29, 0.717) is 31.7 Å². The second kappa shape index (κ2) is 9.36. The van der Waals surface area contributed by atoms with Crippen molar-refractivity contribution in [3.05, 3.63) is 65.7 Å². The zero-order chi connectivity index (χ0) is 17.2. The summed E-state index contributed by atoms with van der Waals surface area (Å²) in [4.78, 5) is 14.5. The van der Waals surface area contributed by atoms with Crippen molar-refractivity contribution in [3.8, 4) is 11.8 Å². The van der Waals surface area contributed by atoms with Gasteiger partial charge in [0.2, 0.25) is 0 Å². The van der Waals surface area contributed by atoms with Crippen molar-refractivity contribution in [1.82, 2.24) is 4.90 Å². The largest absolute Gasteiger partial charge is 0.494 e. The van der Waals surface area contributed by atoms with Gasteiger partial charge in [0.1, 0.15) is 5.75 Å². The van der Waals surface area contributed by atoms with Crippen molar-refractivity contribution in [2.45, 2.75) is 19.8 Å². The predicted molar refractivity (Wildman–Crippen MR) is 93.9 cm³/mol. The molecule has 1 amide bonds. The van der Waals surface area contributed by atoms with Gasteiger partial charge in [-0.2, -0.15) is 5.26 Å². The van der Waals surface area contributed by atoms with E-state index in [1.807, 2.05) is 37.3 Å². The van der Waals surface area contributed by atoms with Gasteiger partial charge in [-0.15, -0.1) is 0 Å². The first kappa shape index (κ1) is 17.6. The number of amides is 1. The second-order valence-electron chi connectivity index (χ2n) is 5.39. The van der Waals surface area contributed by atoms with Crippen LogP contribution in [-0.4, -0.2) is 30.5 Å². The minimum absolute atomic E-state index is 0.0516. The molecule has 0 atom stereocenters. The first-order valence-corrected chi connectivity index (χ1v) is 8.17. The standard InChI is InChI=1S/C20H22N2O2/c1-2-24-19-11-9-18(10-12-19)20(23)22(15-6-14-21)16-13-17-7-4-3-5-8-17/h3-5,7-12H,2,6,13,15-16H2,1H3. The summed E-state index contributed by atoms with van der Waals surface area (Å²) in [6, 6.07) is 19.3. The average Bonchev–Trinajstić information content (AvgIpc) is 2.63. The second-order valence-corrected chi connectivity index (χ2v) is 5.39. The molecule has 0 N–H and O–H groups in total. The van der Waals surface area contributed by atoms with Crippen LogP contribution in [0.4, 0.5) is 0 Å². The van der Waals surface area contributed by atoms with Gasteiger partial charge in [0.25, 0.3) is 5.91 Å². The Labute approximate surface area is 143 Å². The Morgan fingerprint density at radius 2 is 1.79 bits per heavy atom. The molecule has 4 nitrogen and oxygen atoms in total. The average molecular weight is 322 g/mol. The third kappa shape index (κ3) is 5.13. The molecule has 2 aromatic rings. The van der Waals surface area contributed by atoms with Crippen LogP contribution in [0.25, 0.3) is 0 Å². The maximum absolute atomic E-state index is 12.7. The van der Waals surface area contributed by atoms with Gasteiger partial charge in [0.15, 0.2) is 0 Å². The van der Waals surface area contributed by atoms with Crippen LogP contribution in [0.2, 0.25) is 0 Å². The molecule has 0 saturated carbocycles. The highest BCUT2D eigenvalue weighted by atomic mass is 16.5. The molecule has 0 spiro atoms. The SMILES string of the molecule is CCOc1ccc(C(=O)N(CCC#N)CCc2ccccc2)cc1. The summed E-state index contributed by atoms with van der Waals surface area (Å²) in [6.45, 7) is 3.55. The number of benzene rings is 2. The Morgan fingerprint density at radius 1 is 1.08 bits per heavy atom. The fourth-order valence-electron chi connectivity index (χ4n) is 2.45. The fraction of sp³-hybridized carbons (Fsp3) is 0.300. The molecule has 4 heteroatoms. The Bertz CT molecular complexity index is 675. The van der Waals surface area contributed by atoms with E-state index < -0.39 is 0 Å². The lowest BCUT2D eigenvalue weighted by molar-refractivity contribution is 0.0761. The van der Waals surface area contributed by atoms with Gasteiger partial charge in [0.05, 0.1) is 19.1 Å². The van der Waals surface area contributed by atoms with Crippen LogP contribution >= 0.6 is 0 Å². The van der Waals surface area contributed by atoms with Crippen molar-refractivity contribution in [3.63, 3.8) is 0 Å². The monoisotopic (exact) mass is 322 g/mol. The number of nitrogens with zero attached hydrogens (tertiary/aromatic N) is 2. The third-order valence-corrected chi connectivity index (χ3v) is 3.71. The van der Waals surface area contributed by atoms with Crippen LogP contribution in [0, 0.1) is 11.3 Å². The fourth-order valence-corrected chi connectivity index (χ4v) is 2.45. The van der Waals surface area contributed by atoms with Crippen molar-refractivity contribution in [2.24, 2.45) is 0 Å². The van der Waals surface area contributed by atoms with Crippen LogP contribution in [0.15, 0.2) is 54.6 Å². The van der Waals surface area contributed by atoms with Crippen LogP contribution in [-0.2, 0) is 6.42 Å². The van der Waals surface area contributed by atoms with Crippen molar-refractivity contribution in [2.75, 3.05) is 19.7 Å². The van der Waals surface area contributed by atoms with Gasteiger partial charge in [-0.25, -0.2) is 0 Å². The summed E-state index contributed by atoms with van der Waals surface area (Å²) in [5, 5.41) is 8.84. The summed E-state index contributed by atoms with van der Waals surface area (Å²) in [6.07, 6.45) is 1.10. The highest BCUT2D eigenvalue weighted by molar-refractivity contribution is 5.94. The van der Waals surface area contributed by atoms with Crippen LogP contribution in [0.3, 0.4) is 0 Å². The quantitative estimate of drug-likeness (QED) is 0.745. The summed E-state index contributed by atoms with van der Waals surface area (Å²) in [7, 11) is 0. The van der Waals surface area contributed by atoms with Gasteiger partial charge < -0.3 is 9.64 Å². The summed E-state index contributed by atoms with van der Waals surface area (Å²) >= 11 is 0. The summed E-state index contributed by atoms with van der Waals surface area (Å²) in [5.74, 6) is 0.700. The number of rotatable bonds is 8. The molecule has 0 heterocycles. The van der Waals surface area contributed by atoms with E-state index in [1.54, 1.807) is 29.2 Å². The third-order valence-electron chi connectivity index (χ3n) is 3.71. The maximum atomic E-state index is 12.7. The van der Waals surface area contributed by atoms with Crippen LogP contribution < -0.4 is 4.74 Å². The number of ether oxygens (including phenoxy) is 1. The molecule has 0 aliphatic heterocycles. The molecule has 124 valence electrons. The highest BCUT2D eigenvalue weighted by Crippen LogP contribution is 2.14. The Balaban J connectivity index is 2.05. The minimum Gasteiger partial charge on any atom is -0.494 e. The Morgan fingerprint density at radius 3 is 2.42 bits per heavy atom. The Kier molecular flexibility index (Phi) is 6.85. The van der Waals surface area contributed by atoms with Crippen molar-refractivity contribution >= 4 is 5.91 Å². The molecule has 0 aromatic heterocycles. The molecule has 0 radical (unpaired) electrons. The molecule has 0 aliphatic rings. The molecule has 0 saturated heterocycles. The van der Waals surface area contributed by atoms with E-state index in [1.165, 1.54) is 5.56 Å². The van der Waals surface area contributed by atoms with Crippen molar-refractivity contribution < 1.29 is 9.53 Å². The van der Waals surface area contributed by atoms with E-state index in [9.17, 15) is 4.79 Å². The number of carbonyl (C=O) groups is 1. The first-order valence-electron chi connectivity index (χ1n) is 8.17. The van der Waals surface area contributed by atoms with E-state index in [2.05, 4.69) is 6.07 Å². The molecule has 2 aromatic carbocycles. The molecule has 24 heavy (non-hydrogen) atoms. The molecule has 0 unspecified atom stereocenters. The smallest absolute Gasteiger partial charge is 0.253 e. The molecular weight excluding hydrogens is 300 g/mol. The van der Waals surface area contributed by atoms with Gasteiger partial charge in [-0.05, 0) is 43.2 Å². The van der Waals surface area contributed by atoms with Crippen LogP contribution in [0.5, 0.6) is 5.75 Å². The molecule has 2 rings (SSSR count). The zero-order valence-corrected chi connectivity index (χ0v) is 13.9. The van der Waals surface area contributed by atoms with E-state index in [-0.39, 0.29) is 5.91 Å². The number of nitriles is 1. The van der Waals surface area contributed by atoms with Crippen molar-refractivity contribution in [1.29, 1.82) is 5.26 Å². The predicted octanol–water partition coefficient (Wildman–Crippen LogP) is 3.68. The molecular formula is C20H22N2O2. The van der Waals surface area contributed by atoms with E-state index >= 15 is 0 Å². The Hall–Kier alpha value is -2.80. The number of carbonyl (C=O) groups excluding carboxylic acids is 1. The van der Waals surface area contributed by atoms with Gasteiger partial charge in [0, 0.05) is 18.7 Å². The zero-order valence-electron chi connectivity index (χ0n) is 13.9. The lowest BCUT2D eigenvalue weighted by Crippen LogP contribution is -2.33. The maximum Gasteiger partial charge on any atom is 0.253 e. The van der Waals surface area contributed by atoms with Gasteiger partial charge in [-0.3, -0.25) is 4.79 Å². The molecule has 0 bridgehead atoms. The summed E-state index contributed by atoms with van der Waals surface area (Å²) in [5.41, 5.74) is 1.79. The molecule has 0 aliphatic carbocycles. The summed E-state index contributed by atoms with van der Waals surface area (Å²) < 4.78 is 5.40. The van der Waals surface area contributed by atoms with E-state index in [4.69, 9.17) is 10.00 Å². The topological polar surface area (TPSA) is 53.3 Å². The van der Waals surface area contributed by atoms with Gasteiger partial charge in [-0.1, -0.05) is 30.3 Å². The lowest BCUT2D eigenvalue weighted by atomic mass is 10.1. The molecule has 0 fully saturated rings. The minimum atomic E-state index is -0.0516. The van der Waals surface area contributed by atoms with Gasteiger partial charge >= 0.3 is 0 Å². The van der Waals surface area contributed by atoms with Crippen LogP contribution in [0.1, 0.15) is 29.3 Å². The number of hydrogen-bond donors (Lipinski definition) is 0.